The van der Waals surface area contributed by atoms with Gasteiger partial charge in [0.1, 0.15) is 11.2 Å². The minimum Gasteiger partial charge on any atom is -0.620 e. The lowest BCUT2D eigenvalue weighted by Crippen LogP contribution is -2.60. The summed E-state index contributed by atoms with van der Waals surface area (Å²) in [6.45, 7) is 2.34. The molecule has 176 valence electrons. The fourth-order valence-electron chi connectivity index (χ4n) is 7.22. The van der Waals surface area contributed by atoms with E-state index in [0.717, 1.165) is 38.5 Å². The summed E-state index contributed by atoms with van der Waals surface area (Å²) in [5, 5.41) is 28.2. The van der Waals surface area contributed by atoms with Crippen molar-refractivity contribution in [1.29, 1.82) is 0 Å². The molecular weight excluding hydrogens is 446 g/mol. The van der Waals surface area contributed by atoms with Gasteiger partial charge in [-0.25, -0.2) is 0 Å². The van der Waals surface area contributed by atoms with Gasteiger partial charge in [0.25, 0.3) is 0 Å². The topological polar surface area (TPSA) is 96.1 Å². The Balaban J connectivity index is 1.67. The number of allylic oxidation sites excluding steroid dienone is 3. The van der Waals surface area contributed by atoms with Crippen molar-refractivity contribution in [2.45, 2.75) is 50.3 Å². The molecule has 0 radical (unpaired) electrons. The molecule has 4 aliphatic heterocycles. The molecule has 5 atom stereocenters. The summed E-state index contributed by atoms with van der Waals surface area (Å²) in [4.78, 5) is 17.8. The Morgan fingerprint density at radius 3 is 3.03 bits per heavy atom. The molecule has 6 aliphatic rings. The summed E-state index contributed by atoms with van der Waals surface area (Å²) in [5.41, 5.74) is 4.21. The largest absolute Gasteiger partial charge is 0.620 e. The number of fused-ring (bicyclic) bond motifs is 9. The number of ether oxygens (including phenoxy) is 2. The first-order chi connectivity index (χ1) is 16.9. The quantitative estimate of drug-likeness (QED) is 0.390. The molecule has 8 rings (SSSR count). The average Bonchev–Trinajstić information content (AvgIpc) is 3.46. The molecule has 2 aliphatic carbocycles. The maximum Gasteiger partial charge on any atom is 0.235 e. The van der Waals surface area contributed by atoms with Crippen LogP contribution in [0.25, 0.3) is 28.8 Å². The van der Waals surface area contributed by atoms with Crippen molar-refractivity contribution < 1.29 is 19.4 Å². The number of hydroxylamine groups is 2. The van der Waals surface area contributed by atoms with Gasteiger partial charge in [0.2, 0.25) is 6.23 Å². The van der Waals surface area contributed by atoms with Gasteiger partial charge in [-0.15, -0.1) is 0 Å². The van der Waals surface area contributed by atoms with E-state index < -0.39 is 22.6 Å². The van der Waals surface area contributed by atoms with Gasteiger partial charge in [0.05, 0.1) is 35.1 Å². The number of benzene rings is 1. The Hall–Kier alpha value is -3.14. The number of aliphatic imine (C=N–C) groups is 1. The second-order valence-electron chi connectivity index (χ2n) is 10.3. The normalized spacial score (nSPS) is 36.0. The van der Waals surface area contributed by atoms with Crippen LogP contribution < -0.4 is 15.2 Å². The first-order valence-electron chi connectivity index (χ1n) is 12.0. The van der Waals surface area contributed by atoms with Crippen LogP contribution in [0.1, 0.15) is 41.3 Å². The molecule has 8 nitrogen and oxygen atoms in total. The molecule has 5 unspecified atom stereocenters. The van der Waals surface area contributed by atoms with Crippen LogP contribution in [0.15, 0.2) is 35.0 Å². The highest BCUT2D eigenvalue weighted by Gasteiger charge is 2.59. The van der Waals surface area contributed by atoms with E-state index in [0.29, 0.717) is 29.6 Å². The number of quaternary nitrogens is 1. The van der Waals surface area contributed by atoms with Crippen LogP contribution in [0.4, 0.5) is 5.69 Å². The van der Waals surface area contributed by atoms with E-state index in [1.807, 2.05) is 35.8 Å². The second kappa shape index (κ2) is 6.16. The highest BCUT2D eigenvalue weighted by Crippen LogP contribution is 2.57. The Morgan fingerprint density at radius 1 is 1.34 bits per heavy atom. The minimum atomic E-state index is -0.987. The predicted octanol–water partition coefficient (Wildman–Crippen LogP) is 1.73. The fraction of sp³-hybridized carbons (Fsp3) is 0.333. The second-order valence-corrected chi connectivity index (χ2v) is 10.3. The molecule has 4 bridgehead atoms. The highest BCUT2D eigenvalue weighted by atomic mass is 16.6. The average molecular weight is 469 g/mol. The number of ketones is 1. The van der Waals surface area contributed by atoms with Crippen molar-refractivity contribution in [3.8, 4) is 0 Å². The molecule has 1 N–H and O–H groups in total. The molecule has 35 heavy (non-hydrogen) atoms. The van der Waals surface area contributed by atoms with E-state index in [1.54, 1.807) is 25.6 Å². The van der Waals surface area contributed by atoms with Gasteiger partial charge in [0, 0.05) is 54.2 Å². The molecule has 1 aromatic heterocycles. The summed E-state index contributed by atoms with van der Waals surface area (Å²) in [5.74, 6) is -0.123. The predicted molar refractivity (Wildman–Crippen MR) is 132 cm³/mol. The Labute approximate surface area is 200 Å². The first kappa shape index (κ1) is 20.1. The number of aromatic nitrogens is 1. The van der Waals surface area contributed by atoms with Crippen molar-refractivity contribution in [2.24, 2.45) is 4.99 Å². The zero-order chi connectivity index (χ0) is 23.9. The smallest absolute Gasteiger partial charge is 0.235 e. The van der Waals surface area contributed by atoms with E-state index in [1.165, 1.54) is 0 Å². The number of methoxy groups -OCH3 is 1. The lowest BCUT2D eigenvalue weighted by Gasteiger charge is -2.49. The number of rotatable bonds is 1. The molecule has 5 heterocycles. The number of carbonyl (C=O) groups is 1. The number of hydrogen-bond acceptors (Lipinski definition) is 6. The standard InChI is InChI=1S/C27H23N3O5/c1-27-6-3-7-29-18-8-13(31)9-20(32)23(18)22-17-12-28-11-16(17)21-15-5-4-14(35-27)10-19(15)30(33,26(27)34-2)25(21)24(22)29/h3-6,8,11-14,26,31H,7,9-10H2,1-2H3/b6-3-. The monoisotopic (exact) mass is 469 g/mol. The zero-order valence-electron chi connectivity index (χ0n) is 19.3. The van der Waals surface area contributed by atoms with Crippen LogP contribution in [0.2, 0.25) is 0 Å². The lowest BCUT2D eigenvalue weighted by atomic mass is 9.90. The van der Waals surface area contributed by atoms with Crippen molar-refractivity contribution in [1.82, 2.24) is 9.21 Å². The Bertz CT molecular complexity index is 1670. The fourth-order valence-corrected chi connectivity index (χ4v) is 7.22. The minimum absolute atomic E-state index is 0.0256. The van der Waals surface area contributed by atoms with Gasteiger partial charge in [-0.05, 0) is 25.2 Å². The molecule has 1 aromatic carbocycles. The third kappa shape index (κ3) is 2.13. The maximum atomic E-state index is 15.5. The molecule has 0 amide bonds. The van der Waals surface area contributed by atoms with Crippen molar-refractivity contribution in [2.75, 3.05) is 7.11 Å². The molecule has 1 saturated heterocycles. The number of Topliss-reactive ketones (excluding diaryl/α,β-unsaturated/α-hetero) is 1. The number of carbonyl (C=O) groups excluding carboxylic acids is 1. The number of aliphatic hydroxyl groups is 1. The summed E-state index contributed by atoms with van der Waals surface area (Å²) < 4.78 is 13.8. The molecular formula is C27H23N3O5. The number of aliphatic hydroxyl groups excluding tert-OH is 1. The van der Waals surface area contributed by atoms with E-state index in [2.05, 4.69) is 4.99 Å². The molecule has 1 fully saturated rings. The van der Waals surface area contributed by atoms with Gasteiger partial charge in [-0.2, -0.15) is 0 Å². The molecule has 0 saturated carbocycles. The van der Waals surface area contributed by atoms with E-state index in [9.17, 15) is 9.90 Å². The van der Waals surface area contributed by atoms with Gasteiger partial charge in [-0.3, -0.25) is 14.4 Å². The van der Waals surface area contributed by atoms with Gasteiger partial charge < -0.3 is 24.4 Å². The van der Waals surface area contributed by atoms with Crippen LogP contribution >= 0.6 is 0 Å². The van der Waals surface area contributed by atoms with Gasteiger partial charge in [-0.1, -0.05) is 12.2 Å². The van der Waals surface area contributed by atoms with Crippen LogP contribution in [0.3, 0.4) is 0 Å². The molecule has 2 aromatic rings. The highest BCUT2D eigenvalue weighted by molar-refractivity contribution is 6.18. The van der Waals surface area contributed by atoms with Crippen molar-refractivity contribution in [3.63, 3.8) is 0 Å². The summed E-state index contributed by atoms with van der Waals surface area (Å²) in [6, 6.07) is 0. The van der Waals surface area contributed by atoms with Crippen LogP contribution in [0, 0.1) is 5.21 Å². The SMILES string of the molecule is COC1C2(C)/C=C\Cn3c4c(c5c6c(c7c(c53)[N+]1([O-])C1=C7C=CC(C1)O2)C=NC=6)C(=O)CC(O)C=4. The zero-order valence-corrected chi connectivity index (χ0v) is 19.3. The lowest BCUT2D eigenvalue weighted by molar-refractivity contribution is -0.137. The third-order valence-corrected chi connectivity index (χ3v) is 8.40. The van der Waals surface area contributed by atoms with Crippen LogP contribution in [-0.2, 0) is 16.0 Å². The Kier molecular flexibility index (Phi) is 3.53. The van der Waals surface area contributed by atoms with E-state index in [4.69, 9.17) is 9.47 Å². The van der Waals surface area contributed by atoms with E-state index in [-0.39, 0.29) is 18.3 Å². The Morgan fingerprint density at radius 2 is 2.20 bits per heavy atom. The molecule has 8 heteroatoms. The van der Waals surface area contributed by atoms with E-state index >= 15 is 5.21 Å². The third-order valence-electron chi connectivity index (χ3n) is 8.40. The van der Waals surface area contributed by atoms with Gasteiger partial charge in [0.15, 0.2) is 17.1 Å². The summed E-state index contributed by atoms with van der Waals surface area (Å²) in [6.07, 6.45) is 11.8. The first-order valence-corrected chi connectivity index (χ1v) is 12.0. The maximum absolute atomic E-state index is 15.5. The number of hydrogen-bond donors (Lipinski definition) is 1. The molecule has 0 spiro atoms. The van der Waals surface area contributed by atoms with Crippen molar-refractivity contribution >= 4 is 46.4 Å². The summed E-state index contributed by atoms with van der Waals surface area (Å²) >= 11 is 0. The summed E-state index contributed by atoms with van der Waals surface area (Å²) in [7, 11) is 1.56. The van der Waals surface area contributed by atoms with Gasteiger partial charge >= 0.3 is 0 Å². The van der Waals surface area contributed by atoms with Crippen LogP contribution in [-0.4, -0.2) is 52.8 Å². The van der Waals surface area contributed by atoms with Crippen molar-refractivity contribution in [3.05, 3.63) is 62.5 Å². The number of nitrogens with zero attached hydrogens (tertiary/aromatic N) is 3. The van der Waals surface area contributed by atoms with Crippen LogP contribution in [0.5, 0.6) is 0 Å².